The molecule has 72 valence electrons. The Hall–Kier alpha value is -0.580. The molecule has 0 atom stereocenters. The molecule has 0 spiro atoms. The molecule has 0 saturated carbocycles. The molecular formula is C8H17NO3. The minimum atomic E-state index is 0.429. The van der Waals surface area contributed by atoms with Crippen molar-refractivity contribution in [3.63, 3.8) is 0 Å². The summed E-state index contributed by atoms with van der Waals surface area (Å²) in [4.78, 5) is 0. The number of hydrogen-bond donors (Lipinski definition) is 1. The van der Waals surface area contributed by atoms with E-state index in [1.807, 2.05) is 6.92 Å². The Labute approximate surface area is 73.5 Å². The first-order chi connectivity index (χ1) is 5.91. The molecule has 4 heteroatoms. The highest BCUT2D eigenvalue weighted by atomic mass is 16.5. The van der Waals surface area contributed by atoms with E-state index < -0.39 is 0 Å². The zero-order valence-electron chi connectivity index (χ0n) is 7.54. The molecule has 0 aromatic carbocycles. The van der Waals surface area contributed by atoms with Crippen LogP contribution >= 0.6 is 0 Å². The standard InChI is InChI=1S/C8H17NO3/c1-3-10-5-6-12-8-9-7-11-4-2/h4,9H,2-3,5-8H2,1H3. The van der Waals surface area contributed by atoms with Crippen molar-refractivity contribution in [3.8, 4) is 0 Å². The molecule has 0 aliphatic carbocycles. The summed E-state index contributed by atoms with van der Waals surface area (Å²) >= 11 is 0. The normalized spacial score (nSPS) is 9.75. The van der Waals surface area contributed by atoms with Gasteiger partial charge in [0.15, 0.2) is 0 Å². The van der Waals surface area contributed by atoms with Gasteiger partial charge < -0.3 is 14.2 Å². The molecule has 0 aromatic rings. The molecule has 0 amide bonds. The Morgan fingerprint density at radius 1 is 1.25 bits per heavy atom. The minimum absolute atomic E-state index is 0.429. The van der Waals surface area contributed by atoms with Crippen molar-refractivity contribution in [2.24, 2.45) is 0 Å². The monoisotopic (exact) mass is 175 g/mol. The van der Waals surface area contributed by atoms with Crippen LogP contribution in [0.4, 0.5) is 0 Å². The number of rotatable bonds is 9. The van der Waals surface area contributed by atoms with Crippen LogP contribution in [0.15, 0.2) is 12.8 Å². The number of nitrogens with one attached hydrogen (secondary N) is 1. The van der Waals surface area contributed by atoms with Gasteiger partial charge in [-0.05, 0) is 6.92 Å². The molecule has 4 nitrogen and oxygen atoms in total. The van der Waals surface area contributed by atoms with Crippen LogP contribution in [-0.4, -0.2) is 33.3 Å². The van der Waals surface area contributed by atoms with Crippen LogP contribution in [0.3, 0.4) is 0 Å². The van der Waals surface area contributed by atoms with E-state index in [-0.39, 0.29) is 0 Å². The molecule has 0 aliphatic rings. The SMILES string of the molecule is C=COCNCOCCOCC. The summed E-state index contributed by atoms with van der Waals surface area (Å²) in [6.45, 7) is 8.23. The van der Waals surface area contributed by atoms with Crippen LogP contribution in [0, 0.1) is 0 Å². The third-order valence-corrected chi connectivity index (χ3v) is 1.08. The van der Waals surface area contributed by atoms with Crippen molar-refractivity contribution < 1.29 is 14.2 Å². The van der Waals surface area contributed by atoms with E-state index >= 15 is 0 Å². The predicted octanol–water partition coefficient (Wildman–Crippen LogP) is 0.704. The second-order valence-corrected chi connectivity index (χ2v) is 1.98. The summed E-state index contributed by atoms with van der Waals surface area (Å²) in [6, 6.07) is 0. The first kappa shape index (κ1) is 11.4. The smallest absolute Gasteiger partial charge is 0.140 e. The van der Waals surface area contributed by atoms with Crippen LogP contribution in [0.1, 0.15) is 6.92 Å². The second-order valence-electron chi connectivity index (χ2n) is 1.98. The molecule has 1 N–H and O–H groups in total. The lowest BCUT2D eigenvalue weighted by atomic mass is 10.7. The maximum Gasteiger partial charge on any atom is 0.140 e. The van der Waals surface area contributed by atoms with E-state index in [4.69, 9.17) is 14.2 Å². The Morgan fingerprint density at radius 3 is 2.67 bits per heavy atom. The van der Waals surface area contributed by atoms with Gasteiger partial charge in [0.2, 0.25) is 0 Å². The molecule has 0 unspecified atom stereocenters. The van der Waals surface area contributed by atoms with Crippen molar-refractivity contribution >= 4 is 0 Å². The first-order valence-electron chi connectivity index (χ1n) is 4.00. The number of ether oxygens (including phenoxy) is 3. The summed E-state index contributed by atoms with van der Waals surface area (Å²) in [5.74, 6) is 0. The van der Waals surface area contributed by atoms with Gasteiger partial charge in [-0.3, -0.25) is 5.32 Å². The largest absolute Gasteiger partial charge is 0.487 e. The highest BCUT2D eigenvalue weighted by Crippen LogP contribution is 1.76. The third-order valence-electron chi connectivity index (χ3n) is 1.08. The lowest BCUT2D eigenvalue weighted by Gasteiger charge is -2.05. The van der Waals surface area contributed by atoms with Gasteiger partial charge in [-0.25, -0.2) is 0 Å². The minimum Gasteiger partial charge on any atom is -0.487 e. The van der Waals surface area contributed by atoms with Crippen molar-refractivity contribution in [2.75, 3.05) is 33.3 Å². The summed E-state index contributed by atoms with van der Waals surface area (Å²) in [6.07, 6.45) is 1.38. The van der Waals surface area contributed by atoms with E-state index in [2.05, 4.69) is 11.9 Å². The lowest BCUT2D eigenvalue weighted by molar-refractivity contribution is 0.0356. The van der Waals surface area contributed by atoms with Crippen LogP contribution in [0.2, 0.25) is 0 Å². The maximum absolute atomic E-state index is 5.13. The van der Waals surface area contributed by atoms with E-state index in [0.717, 1.165) is 6.61 Å². The van der Waals surface area contributed by atoms with E-state index in [9.17, 15) is 0 Å². The fourth-order valence-corrected chi connectivity index (χ4v) is 0.566. The number of hydrogen-bond acceptors (Lipinski definition) is 4. The van der Waals surface area contributed by atoms with Crippen LogP contribution in [0.5, 0.6) is 0 Å². The van der Waals surface area contributed by atoms with Gasteiger partial charge in [-0.1, -0.05) is 6.58 Å². The fraction of sp³-hybridized carbons (Fsp3) is 0.750. The Morgan fingerprint density at radius 2 is 2.00 bits per heavy atom. The van der Waals surface area contributed by atoms with Crippen molar-refractivity contribution in [1.29, 1.82) is 0 Å². The van der Waals surface area contributed by atoms with Gasteiger partial charge in [0.05, 0.1) is 26.2 Å². The van der Waals surface area contributed by atoms with E-state index in [1.165, 1.54) is 6.26 Å². The summed E-state index contributed by atoms with van der Waals surface area (Å²) in [7, 11) is 0. The summed E-state index contributed by atoms with van der Waals surface area (Å²) in [5.41, 5.74) is 0. The van der Waals surface area contributed by atoms with Gasteiger partial charge in [0.1, 0.15) is 6.73 Å². The Balaban J connectivity index is 2.77. The highest BCUT2D eigenvalue weighted by molar-refractivity contribution is 4.46. The van der Waals surface area contributed by atoms with Crippen molar-refractivity contribution in [1.82, 2.24) is 5.32 Å². The molecule has 0 rings (SSSR count). The Kier molecular flexibility index (Phi) is 9.92. The van der Waals surface area contributed by atoms with Gasteiger partial charge in [-0.2, -0.15) is 0 Å². The molecule has 0 fully saturated rings. The van der Waals surface area contributed by atoms with E-state index in [0.29, 0.717) is 26.7 Å². The van der Waals surface area contributed by atoms with Crippen LogP contribution in [0.25, 0.3) is 0 Å². The second kappa shape index (κ2) is 10.4. The Bertz CT molecular complexity index is 98.3. The first-order valence-corrected chi connectivity index (χ1v) is 4.00. The van der Waals surface area contributed by atoms with Crippen LogP contribution < -0.4 is 5.32 Å². The maximum atomic E-state index is 5.13. The average Bonchev–Trinajstić information content (AvgIpc) is 2.10. The fourth-order valence-electron chi connectivity index (χ4n) is 0.566. The lowest BCUT2D eigenvalue weighted by Crippen LogP contribution is -2.21. The molecule has 0 saturated heterocycles. The third kappa shape index (κ3) is 9.42. The van der Waals surface area contributed by atoms with Gasteiger partial charge in [-0.15, -0.1) is 0 Å². The topological polar surface area (TPSA) is 39.7 Å². The van der Waals surface area contributed by atoms with Gasteiger partial charge in [0.25, 0.3) is 0 Å². The quantitative estimate of drug-likeness (QED) is 0.318. The summed E-state index contributed by atoms with van der Waals surface area (Å²) in [5, 5.41) is 2.89. The summed E-state index contributed by atoms with van der Waals surface area (Å²) < 4.78 is 15.0. The average molecular weight is 175 g/mol. The molecule has 12 heavy (non-hydrogen) atoms. The van der Waals surface area contributed by atoms with E-state index in [1.54, 1.807) is 0 Å². The highest BCUT2D eigenvalue weighted by Gasteiger charge is 1.86. The molecule has 0 bridgehead atoms. The zero-order chi connectivity index (χ0) is 9.07. The molecular weight excluding hydrogens is 158 g/mol. The van der Waals surface area contributed by atoms with Gasteiger partial charge in [0, 0.05) is 6.61 Å². The van der Waals surface area contributed by atoms with Gasteiger partial charge >= 0.3 is 0 Å². The molecule has 0 aromatic heterocycles. The molecule has 0 radical (unpaired) electrons. The van der Waals surface area contributed by atoms with Crippen molar-refractivity contribution in [3.05, 3.63) is 12.8 Å². The van der Waals surface area contributed by atoms with Crippen LogP contribution in [-0.2, 0) is 14.2 Å². The molecule has 0 aliphatic heterocycles. The predicted molar refractivity (Wildman–Crippen MR) is 46.6 cm³/mol. The van der Waals surface area contributed by atoms with Crippen molar-refractivity contribution in [2.45, 2.75) is 6.92 Å². The zero-order valence-corrected chi connectivity index (χ0v) is 7.54. The molecule has 0 heterocycles.